The summed E-state index contributed by atoms with van der Waals surface area (Å²) in [6, 6.07) is 16.6. The van der Waals surface area contributed by atoms with Crippen molar-refractivity contribution in [2.45, 2.75) is 20.3 Å². The molecular formula is C17H21N3. The van der Waals surface area contributed by atoms with Crippen LogP contribution in [0.1, 0.15) is 18.1 Å². The van der Waals surface area contributed by atoms with Crippen molar-refractivity contribution in [3.8, 4) is 0 Å². The zero-order valence-corrected chi connectivity index (χ0v) is 12.3. The summed E-state index contributed by atoms with van der Waals surface area (Å²) in [5.41, 5.74) is 4.61. The predicted molar refractivity (Wildman–Crippen MR) is 87.6 cm³/mol. The van der Waals surface area contributed by atoms with Crippen LogP contribution in [-0.2, 0) is 6.42 Å². The summed E-state index contributed by atoms with van der Waals surface area (Å²) in [4.78, 5) is 4.26. The van der Waals surface area contributed by atoms with Crippen LogP contribution in [0.15, 0.2) is 53.5 Å². The number of hydrogen-bond acceptors (Lipinski definition) is 1. The number of aryl methyl sites for hydroxylation is 2. The van der Waals surface area contributed by atoms with Gasteiger partial charge in [-0.1, -0.05) is 31.2 Å². The number of benzene rings is 2. The Morgan fingerprint density at radius 1 is 1.00 bits per heavy atom. The van der Waals surface area contributed by atoms with Gasteiger partial charge in [-0.3, -0.25) is 4.99 Å². The average molecular weight is 267 g/mol. The van der Waals surface area contributed by atoms with Crippen molar-refractivity contribution < 1.29 is 0 Å². The van der Waals surface area contributed by atoms with Gasteiger partial charge in [-0.15, -0.1) is 0 Å². The summed E-state index contributed by atoms with van der Waals surface area (Å²) in [6.07, 6.45) is 1.03. The van der Waals surface area contributed by atoms with E-state index in [0.29, 0.717) is 0 Å². The second-order valence-corrected chi connectivity index (χ2v) is 4.75. The number of aliphatic imine (C=N–C) groups is 1. The second kappa shape index (κ2) is 6.75. The van der Waals surface area contributed by atoms with Gasteiger partial charge in [0.15, 0.2) is 5.96 Å². The van der Waals surface area contributed by atoms with Crippen LogP contribution >= 0.6 is 0 Å². The quantitative estimate of drug-likeness (QED) is 0.649. The summed E-state index contributed by atoms with van der Waals surface area (Å²) in [5.74, 6) is 0.740. The smallest absolute Gasteiger partial charge is 0.200 e. The molecule has 0 spiro atoms. The number of guanidine groups is 1. The molecule has 0 aliphatic rings. The first-order chi connectivity index (χ1) is 9.71. The summed E-state index contributed by atoms with van der Waals surface area (Å²) in [6.45, 7) is 4.23. The molecule has 2 aromatic rings. The molecule has 3 heteroatoms. The van der Waals surface area contributed by atoms with Gasteiger partial charge in [0.2, 0.25) is 0 Å². The van der Waals surface area contributed by atoms with Crippen molar-refractivity contribution in [3.63, 3.8) is 0 Å². The van der Waals surface area contributed by atoms with Gasteiger partial charge >= 0.3 is 0 Å². The Balaban J connectivity index is 2.09. The van der Waals surface area contributed by atoms with E-state index in [-0.39, 0.29) is 0 Å². The summed E-state index contributed by atoms with van der Waals surface area (Å²) in [5, 5.41) is 6.60. The van der Waals surface area contributed by atoms with Gasteiger partial charge in [0, 0.05) is 18.4 Å². The molecular weight excluding hydrogens is 246 g/mol. The third kappa shape index (κ3) is 3.85. The minimum Gasteiger partial charge on any atom is -0.326 e. The number of nitrogens with one attached hydrogen (secondary N) is 2. The van der Waals surface area contributed by atoms with E-state index in [9.17, 15) is 0 Å². The highest BCUT2D eigenvalue weighted by Crippen LogP contribution is 2.13. The Morgan fingerprint density at radius 3 is 2.25 bits per heavy atom. The molecule has 0 bridgehead atoms. The normalized spacial score (nSPS) is 11.2. The van der Waals surface area contributed by atoms with Gasteiger partial charge < -0.3 is 10.6 Å². The van der Waals surface area contributed by atoms with E-state index in [1.807, 2.05) is 18.2 Å². The maximum absolute atomic E-state index is 4.26. The molecule has 20 heavy (non-hydrogen) atoms. The molecule has 0 unspecified atom stereocenters. The maximum atomic E-state index is 4.26. The van der Waals surface area contributed by atoms with Crippen molar-refractivity contribution in [1.29, 1.82) is 0 Å². The third-order valence-corrected chi connectivity index (χ3v) is 3.10. The fraction of sp³-hybridized carbons (Fsp3) is 0.235. The van der Waals surface area contributed by atoms with Crippen molar-refractivity contribution in [2.24, 2.45) is 4.99 Å². The van der Waals surface area contributed by atoms with Gasteiger partial charge in [0.05, 0.1) is 0 Å². The summed E-state index contributed by atoms with van der Waals surface area (Å²) < 4.78 is 0. The highest BCUT2D eigenvalue weighted by atomic mass is 15.2. The van der Waals surface area contributed by atoms with Crippen LogP contribution in [0.2, 0.25) is 0 Å². The molecule has 0 heterocycles. The highest BCUT2D eigenvalue weighted by Gasteiger charge is 2.01. The molecule has 0 aliphatic heterocycles. The Hall–Kier alpha value is -2.29. The predicted octanol–water partition coefficient (Wildman–Crippen LogP) is 4.07. The Kier molecular flexibility index (Phi) is 4.77. The minimum atomic E-state index is 0.740. The molecule has 2 N–H and O–H groups in total. The van der Waals surface area contributed by atoms with Gasteiger partial charge in [0.1, 0.15) is 0 Å². The van der Waals surface area contributed by atoms with Crippen LogP contribution in [0.3, 0.4) is 0 Å². The van der Waals surface area contributed by atoms with Crippen molar-refractivity contribution in [1.82, 2.24) is 0 Å². The van der Waals surface area contributed by atoms with Crippen molar-refractivity contribution in [2.75, 3.05) is 17.7 Å². The summed E-state index contributed by atoms with van der Waals surface area (Å²) >= 11 is 0. The fourth-order valence-electron chi connectivity index (χ4n) is 2.01. The number of rotatable bonds is 3. The highest BCUT2D eigenvalue weighted by molar-refractivity contribution is 6.03. The lowest BCUT2D eigenvalue weighted by molar-refractivity contribution is 1.14. The lowest BCUT2D eigenvalue weighted by Crippen LogP contribution is -2.21. The van der Waals surface area contributed by atoms with Crippen LogP contribution in [0.4, 0.5) is 11.4 Å². The molecule has 0 amide bonds. The SMILES string of the molecule is CCc1cccc(NC(=NC)Nc2cccc(C)c2)c1. The molecule has 0 atom stereocenters. The molecule has 0 saturated heterocycles. The maximum Gasteiger partial charge on any atom is 0.200 e. The average Bonchev–Trinajstić information content (AvgIpc) is 2.47. The fourth-order valence-corrected chi connectivity index (χ4v) is 2.01. The molecule has 0 saturated carbocycles. The molecule has 2 aromatic carbocycles. The van der Waals surface area contributed by atoms with Gasteiger partial charge in [0.25, 0.3) is 0 Å². The summed E-state index contributed by atoms with van der Waals surface area (Å²) in [7, 11) is 1.77. The zero-order chi connectivity index (χ0) is 14.4. The molecule has 0 aliphatic carbocycles. The number of nitrogens with zero attached hydrogens (tertiary/aromatic N) is 1. The minimum absolute atomic E-state index is 0.740. The van der Waals surface area contributed by atoms with E-state index in [1.54, 1.807) is 7.05 Å². The molecule has 104 valence electrons. The van der Waals surface area contributed by atoms with Gasteiger partial charge in [-0.2, -0.15) is 0 Å². The van der Waals surface area contributed by atoms with Crippen LogP contribution in [0.25, 0.3) is 0 Å². The van der Waals surface area contributed by atoms with Crippen molar-refractivity contribution >= 4 is 17.3 Å². The standard InChI is InChI=1S/C17H21N3/c1-4-14-8-6-10-16(12-14)20-17(18-3)19-15-9-5-7-13(2)11-15/h5-12H,4H2,1-3H3,(H2,18,19,20). The van der Waals surface area contributed by atoms with Crippen LogP contribution < -0.4 is 10.6 Å². The van der Waals surface area contributed by atoms with Crippen LogP contribution in [-0.4, -0.2) is 13.0 Å². The first kappa shape index (κ1) is 14.1. The van der Waals surface area contributed by atoms with E-state index in [2.05, 4.69) is 59.8 Å². The molecule has 0 radical (unpaired) electrons. The van der Waals surface area contributed by atoms with E-state index in [4.69, 9.17) is 0 Å². The van der Waals surface area contributed by atoms with Crippen molar-refractivity contribution in [3.05, 3.63) is 59.7 Å². The van der Waals surface area contributed by atoms with Gasteiger partial charge in [-0.05, 0) is 48.7 Å². The van der Waals surface area contributed by atoms with E-state index >= 15 is 0 Å². The first-order valence-electron chi connectivity index (χ1n) is 6.87. The Morgan fingerprint density at radius 2 is 1.65 bits per heavy atom. The zero-order valence-electron chi connectivity index (χ0n) is 12.3. The lowest BCUT2D eigenvalue weighted by Gasteiger charge is -2.13. The molecule has 2 rings (SSSR count). The van der Waals surface area contributed by atoms with Gasteiger partial charge in [-0.25, -0.2) is 0 Å². The Labute approximate surface area is 120 Å². The lowest BCUT2D eigenvalue weighted by atomic mass is 10.1. The Bertz CT molecular complexity index is 603. The largest absolute Gasteiger partial charge is 0.326 e. The molecule has 3 nitrogen and oxygen atoms in total. The van der Waals surface area contributed by atoms with Crippen LogP contribution in [0.5, 0.6) is 0 Å². The van der Waals surface area contributed by atoms with Crippen LogP contribution in [0, 0.1) is 6.92 Å². The molecule has 0 aromatic heterocycles. The first-order valence-corrected chi connectivity index (χ1v) is 6.87. The van der Waals surface area contributed by atoms with E-state index in [1.165, 1.54) is 11.1 Å². The second-order valence-electron chi connectivity index (χ2n) is 4.75. The number of hydrogen-bond donors (Lipinski definition) is 2. The third-order valence-electron chi connectivity index (χ3n) is 3.10. The molecule has 0 fully saturated rings. The van der Waals surface area contributed by atoms with E-state index in [0.717, 1.165) is 23.8 Å². The van der Waals surface area contributed by atoms with E-state index < -0.39 is 0 Å². The topological polar surface area (TPSA) is 36.4 Å². The monoisotopic (exact) mass is 267 g/mol. The number of anilines is 2.